The molecule has 1 amide bonds. The number of hydrogen-bond acceptors (Lipinski definition) is 3. The molecule has 0 spiro atoms. The second kappa shape index (κ2) is 4.45. The van der Waals surface area contributed by atoms with Gasteiger partial charge in [0.05, 0.1) is 12.1 Å². The SMILES string of the molecule is CC(C)(C)OC(=O)N1CCC=CC1(C)CO. The highest BCUT2D eigenvalue weighted by Gasteiger charge is 2.36. The molecule has 1 aliphatic rings. The summed E-state index contributed by atoms with van der Waals surface area (Å²) in [7, 11) is 0. The van der Waals surface area contributed by atoms with Crippen LogP contribution in [0.1, 0.15) is 34.1 Å². The van der Waals surface area contributed by atoms with Crippen molar-refractivity contribution in [3.05, 3.63) is 12.2 Å². The standard InChI is InChI=1S/C12H21NO3/c1-11(2,3)16-10(15)13-8-6-5-7-12(13,4)9-14/h5,7,14H,6,8-9H2,1-4H3. The van der Waals surface area contributed by atoms with Crippen LogP contribution in [0.4, 0.5) is 4.79 Å². The Morgan fingerprint density at radius 3 is 2.69 bits per heavy atom. The fourth-order valence-electron chi connectivity index (χ4n) is 1.64. The first-order valence-electron chi connectivity index (χ1n) is 5.58. The van der Waals surface area contributed by atoms with Gasteiger partial charge in [0.2, 0.25) is 0 Å². The van der Waals surface area contributed by atoms with Crippen LogP contribution in [0, 0.1) is 0 Å². The molecule has 1 rings (SSSR count). The number of hydrogen-bond donors (Lipinski definition) is 1. The van der Waals surface area contributed by atoms with Crippen LogP contribution in [-0.4, -0.2) is 40.4 Å². The summed E-state index contributed by atoms with van der Waals surface area (Å²) in [6, 6.07) is 0. The lowest BCUT2D eigenvalue weighted by atomic mass is 9.97. The van der Waals surface area contributed by atoms with E-state index in [0.29, 0.717) is 6.54 Å². The third-order valence-corrected chi connectivity index (χ3v) is 2.55. The maximum atomic E-state index is 11.9. The summed E-state index contributed by atoms with van der Waals surface area (Å²) < 4.78 is 5.32. The molecule has 0 fully saturated rings. The molecule has 1 aliphatic heterocycles. The lowest BCUT2D eigenvalue weighted by Crippen LogP contribution is -2.54. The lowest BCUT2D eigenvalue weighted by Gasteiger charge is -2.40. The van der Waals surface area contributed by atoms with Crippen LogP contribution < -0.4 is 0 Å². The zero-order valence-corrected chi connectivity index (χ0v) is 10.5. The molecule has 0 bridgehead atoms. The average Bonchev–Trinajstić information content (AvgIpc) is 2.15. The van der Waals surface area contributed by atoms with E-state index in [4.69, 9.17) is 4.74 Å². The van der Waals surface area contributed by atoms with Gasteiger partial charge in [-0.05, 0) is 34.1 Å². The Bertz CT molecular complexity index is 293. The maximum Gasteiger partial charge on any atom is 0.411 e. The quantitative estimate of drug-likeness (QED) is 0.696. The molecule has 0 aliphatic carbocycles. The zero-order valence-electron chi connectivity index (χ0n) is 10.5. The van der Waals surface area contributed by atoms with E-state index in [2.05, 4.69) is 0 Å². The number of ether oxygens (including phenoxy) is 1. The molecule has 1 N–H and O–H groups in total. The van der Waals surface area contributed by atoms with Gasteiger partial charge in [-0.2, -0.15) is 0 Å². The van der Waals surface area contributed by atoms with Crippen molar-refractivity contribution in [3.63, 3.8) is 0 Å². The van der Waals surface area contributed by atoms with Crippen LogP contribution >= 0.6 is 0 Å². The predicted molar refractivity (Wildman–Crippen MR) is 62.2 cm³/mol. The number of aliphatic hydroxyl groups is 1. The fraction of sp³-hybridized carbons (Fsp3) is 0.750. The Kier molecular flexibility index (Phi) is 3.63. The van der Waals surface area contributed by atoms with Crippen LogP contribution in [0.3, 0.4) is 0 Å². The molecule has 0 aromatic rings. The van der Waals surface area contributed by atoms with Crippen molar-refractivity contribution in [2.75, 3.05) is 13.2 Å². The van der Waals surface area contributed by atoms with Gasteiger partial charge in [0, 0.05) is 6.54 Å². The molecule has 1 unspecified atom stereocenters. The second-order valence-electron chi connectivity index (χ2n) is 5.34. The second-order valence-corrected chi connectivity index (χ2v) is 5.34. The third kappa shape index (κ3) is 2.98. The topological polar surface area (TPSA) is 49.8 Å². The van der Waals surface area contributed by atoms with Gasteiger partial charge in [0.1, 0.15) is 5.60 Å². The minimum absolute atomic E-state index is 0.0945. The summed E-state index contributed by atoms with van der Waals surface area (Å²) >= 11 is 0. The van der Waals surface area contributed by atoms with Crippen molar-refractivity contribution in [1.82, 2.24) is 4.90 Å². The van der Waals surface area contributed by atoms with Crippen molar-refractivity contribution in [2.24, 2.45) is 0 Å². The van der Waals surface area contributed by atoms with Crippen LogP contribution in [0.2, 0.25) is 0 Å². The van der Waals surface area contributed by atoms with Crippen LogP contribution in [0.5, 0.6) is 0 Å². The average molecular weight is 227 g/mol. The van der Waals surface area contributed by atoms with Crippen LogP contribution in [-0.2, 0) is 4.74 Å². The molecule has 0 saturated heterocycles. The van der Waals surface area contributed by atoms with Crippen molar-refractivity contribution >= 4 is 6.09 Å². The molecule has 1 atom stereocenters. The molecule has 92 valence electrons. The molecule has 0 aromatic heterocycles. The Labute approximate surface area is 96.9 Å². The van der Waals surface area contributed by atoms with E-state index in [1.807, 2.05) is 39.8 Å². The van der Waals surface area contributed by atoms with Gasteiger partial charge in [0.15, 0.2) is 0 Å². The van der Waals surface area contributed by atoms with Crippen molar-refractivity contribution in [3.8, 4) is 0 Å². The Morgan fingerprint density at radius 2 is 2.19 bits per heavy atom. The summed E-state index contributed by atoms with van der Waals surface area (Å²) in [5.41, 5.74) is -1.14. The third-order valence-electron chi connectivity index (χ3n) is 2.55. The highest BCUT2D eigenvalue weighted by molar-refractivity contribution is 5.70. The predicted octanol–water partition coefficient (Wildman–Crippen LogP) is 1.93. The molecule has 16 heavy (non-hydrogen) atoms. The highest BCUT2D eigenvalue weighted by atomic mass is 16.6. The normalized spacial score (nSPS) is 25.7. The Hall–Kier alpha value is -1.03. The van der Waals surface area contributed by atoms with Crippen molar-refractivity contribution in [2.45, 2.75) is 45.3 Å². The minimum atomic E-state index is -0.638. The van der Waals surface area contributed by atoms with E-state index in [1.54, 1.807) is 4.90 Å². The molecule has 4 heteroatoms. The fourth-order valence-corrected chi connectivity index (χ4v) is 1.64. The molecule has 0 aromatic carbocycles. The van der Waals surface area contributed by atoms with Crippen molar-refractivity contribution < 1.29 is 14.6 Å². The monoisotopic (exact) mass is 227 g/mol. The van der Waals surface area contributed by atoms with Crippen LogP contribution in [0.15, 0.2) is 12.2 Å². The van der Waals surface area contributed by atoms with Gasteiger partial charge in [-0.15, -0.1) is 0 Å². The summed E-state index contributed by atoms with van der Waals surface area (Å²) in [6.07, 6.45) is 4.28. The highest BCUT2D eigenvalue weighted by Crippen LogP contribution is 2.24. The first-order valence-corrected chi connectivity index (χ1v) is 5.58. The number of aliphatic hydroxyl groups excluding tert-OH is 1. The van der Waals surface area contributed by atoms with Gasteiger partial charge in [0.25, 0.3) is 0 Å². The molecule has 1 heterocycles. The first-order chi connectivity index (χ1) is 7.28. The minimum Gasteiger partial charge on any atom is -0.444 e. The summed E-state index contributed by atoms with van der Waals surface area (Å²) in [6.45, 7) is 7.82. The number of nitrogens with zero attached hydrogens (tertiary/aromatic N) is 1. The molecular formula is C12H21NO3. The molecule has 4 nitrogen and oxygen atoms in total. The largest absolute Gasteiger partial charge is 0.444 e. The number of rotatable bonds is 1. The van der Waals surface area contributed by atoms with E-state index < -0.39 is 11.1 Å². The Morgan fingerprint density at radius 1 is 1.56 bits per heavy atom. The van der Waals surface area contributed by atoms with Gasteiger partial charge in [-0.3, -0.25) is 4.90 Å². The lowest BCUT2D eigenvalue weighted by molar-refractivity contribution is -0.00361. The van der Waals surface area contributed by atoms with E-state index in [0.717, 1.165) is 6.42 Å². The summed E-state index contributed by atoms with van der Waals surface area (Å²) in [4.78, 5) is 13.5. The summed E-state index contributed by atoms with van der Waals surface area (Å²) in [5, 5.41) is 9.37. The molecular weight excluding hydrogens is 206 g/mol. The smallest absolute Gasteiger partial charge is 0.411 e. The zero-order chi connectivity index (χ0) is 12.4. The van der Waals surface area contributed by atoms with E-state index in [9.17, 15) is 9.90 Å². The Balaban J connectivity index is 2.79. The van der Waals surface area contributed by atoms with Gasteiger partial charge < -0.3 is 9.84 Å². The number of carbonyl (C=O) groups is 1. The van der Waals surface area contributed by atoms with Crippen molar-refractivity contribution in [1.29, 1.82) is 0 Å². The number of amides is 1. The van der Waals surface area contributed by atoms with Gasteiger partial charge in [-0.25, -0.2) is 4.79 Å². The van der Waals surface area contributed by atoms with Gasteiger partial charge >= 0.3 is 6.09 Å². The first kappa shape index (κ1) is 13.0. The van der Waals surface area contributed by atoms with E-state index >= 15 is 0 Å². The number of carbonyl (C=O) groups excluding carboxylic acids is 1. The van der Waals surface area contributed by atoms with Gasteiger partial charge in [-0.1, -0.05) is 12.2 Å². The molecule has 0 radical (unpaired) electrons. The summed E-state index contributed by atoms with van der Waals surface area (Å²) in [5.74, 6) is 0. The molecule has 0 saturated carbocycles. The van der Waals surface area contributed by atoms with Crippen LogP contribution in [0.25, 0.3) is 0 Å². The van der Waals surface area contributed by atoms with E-state index in [1.165, 1.54) is 0 Å². The maximum absolute atomic E-state index is 11.9. The van der Waals surface area contributed by atoms with E-state index in [-0.39, 0.29) is 12.7 Å².